The Morgan fingerprint density at radius 2 is 1.89 bits per heavy atom. The van der Waals surface area contributed by atoms with Crippen LogP contribution in [0.15, 0.2) is 30.3 Å². The first kappa shape index (κ1) is 13.8. The number of hydrogen-bond donors (Lipinski definition) is 1. The van der Waals surface area contributed by atoms with Gasteiger partial charge >= 0.3 is 0 Å². The van der Waals surface area contributed by atoms with Gasteiger partial charge in [0.25, 0.3) is 0 Å². The van der Waals surface area contributed by atoms with Gasteiger partial charge in [0.15, 0.2) is 0 Å². The molecule has 0 aliphatic carbocycles. The van der Waals surface area contributed by atoms with E-state index < -0.39 is 8.07 Å². The van der Waals surface area contributed by atoms with Crippen LogP contribution in [0.2, 0.25) is 13.1 Å². The lowest BCUT2D eigenvalue weighted by Gasteiger charge is -2.40. The molecule has 100 valence electrons. The molecule has 0 aromatic heterocycles. The molecule has 1 saturated heterocycles. The number of ether oxygens (including phenoxy) is 1. The summed E-state index contributed by atoms with van der Waals surface area (Å²) in [7, 11) is -1.51. The molecule has 2 rings (SSSR count). The summed E-state index contributed by atoms with van der Waals surface area (Å²) in [5.74, 6) is 0. The summed E-state index contributed by atoms with van der Waals surface area (Å²) in [6, 6.07) is 11.8. The van der Waals surface area contributed by atoms with E-state index >= 15 is 0 Å². The molecular weight excluding hydrogens is 240 g/mol. The average molecular weight is 264 g/mol. The lowest BCUT2D eigenvalue weighted by atomic mass is 10.1. The molecule has 3 atom stereocenters. The second-order valence-corrected chi connectivity index (χ2v) is 11.2. The standard InChI is InChI=1S/C15H24O2Si/c1-12-9-14(16)10-15(17-12)18(2,3)11-13-7-5-4-6-8-13/h4-8,12,14-16H,9-11H2,1-3H3/t12-,14+,15+/m1/s1. The maximum Gasteiger partial charge on any atom is 0.0860 e. The highest BCUT2D eigenvalue weighted by atomic mass is 28.3. The summed E-state index contributed by atoms with van der Waals surface area (Å²) in [5.41, 5.74) is 1.67. The molecule has 0 saturated carbocycles. The van der Waals surface area contributed by atoms with Gasteiger partial charge in [-0.1, -0.05) is 49.0 Å². The van der Waals surface area contributed by atoms with Gasteiger partial charge in [-0.15, -0.1) is 0 Å². The van der Waals surface area contributed by atoms with Crippen molar-refractivity contribution in [2.24, 2.45) is 0 Å². The maximum atomic E-state index is 9.92. The fourth-order valence-corrected chi connectivity index (χ4v) is 5.88. The predicted molar refractivity (Wildman–Crippen MR) is 77.2 cm³/mol. The molecule has 1 N–H and O–H groups in total. The Balaban J connectivity index is 2.05. The van der Waals surface area contributed by atoms with Crippen LogP contribution < -0.4 is 0 Å². The normalized spacial score (nSPS) is 29.2. The minimum atomic E-state index is -1.51. The van der Waals surface area contributed by atoms with Crippen LogP contribution >= 0.6 is 0 Å². The Morgan fingerprint density at radius 1 is 1.22 bits per heavy atom. The van der Waals surface area contributed by atoms with E-state index in [0.29, 0.717) is 0 Å². The van der Waals surface area contributed by atoms with Gasteiger partial charge in [-0.2, -0.15) is 0 Å². The molecular formula is C15H24O2Si. The minimum Gasteiger partial charge on any atom is -0.393 e. The summed E-state index contributed by atoms with van der Waals surface area (Å²) >= 11 is 0. The van der Waals surface area contributed by atoms with Gasteiger partial charge in [-0.3, -0.25) is 0 Å². The molecule has 0 radical (unpaired) electrons. The van der Waals surface area contributed by atoms with Crippen molar-refractivity contribution in [3.05, 3.63) is 35.9 Å². The number of aliphatic hydroxyl groups excluding tert-OH is 1. The van der Waals surface area contributed by atoms with Gasteiger partial charge in [0, 0.05) is 0 Å². The van der Waals surface area contributed by atoms with Gasteiger partial charge in [0.1, 0.15) is 0 Å². The van der Waals surface area contributed by atoms with Crippen molar-refractivity contribution < 1.29 is 9.84 Å². The second-order valence-electron chi connectivity index (χ2n) is 6.21. The highest BCUT2D eigenvalue weighted by molar-refractivity contribution is 6.78. The Kier molecular flexibility index (Phi) is 4.25. The number of aliphatic hydroxyl groups is 1. The predicted octanol–water partition coefficient (Wildman–Crippen LogP) is 2.94. The van der Waals surface area contributed by atoms with Crippen molar-refractivity contribution in [3.8, 4) is 0 Å². The minimum absolute atomic E-state index is 0.179. The van der Waals surface area contributed by atoms with E-state index in [2.05, 4.69) is 50.3 Å². The molecule has 1 aliphatic heterocycles. The molecule has 0 spiro atoms. The van der Waals surface area contributed by atoms with Gasteiger partial charge in [0.2, 0.25) is 0 Å². The molecule has 0 bridgehead atoms. The van der Waals surface area contributed by atoms with Crippen LogP contribution in [0.25, 0.3) is 0 Å². The van der Waals surface area contributed by atoms with E-state index in [9.17, 15) is 5.11 Å². The third kappa shape index (κ3) is 3.43. The van der Waals surface area contributed by atoms with Gasteiger partial charge < -0.3 is 9.84 Å². The zero-order chi connectivity index (χ0) is 13.2. The van der Waals surface area contributed by atoms with Crippen LogP contribution in [0.3, 0.4) is 0 Å². The second kappa shape index (κ2) is 5.55. The molecule has 0 amide bonds. The van der Waals surface area contributed by atoms with Crippen molar-refractivity contribution in [1.82, 2.24) is 0 Å². The van der Waals surface area contributed by atoms with E-state index in [-0.39, 0.29) is 17.9 Å². The first-order valence-electron chi connectivity index (χ1n) is 6.85. The van der Waals surface area contributed by atoms with Crippen molar-refractivity contribution >= 4 is 8.07 Å². The molecule has 3 heteroatoms. The third-order valence-corrected chi connectivity index (χ3v) is 7.30. The number of hydrogen-bond acceptors (Lipinski definition) is 2. The fourth-order valence-electron chi connectivity index (χ4n) is 2.86. The molecule has 18 heavy (non-hydrogen) atoms. The maximum absolute atomic E-state index is 9.92. The summed E-state index contributed by atoms with van der Waals surface area (Å²) in [6.07, 6.45) is 1.62. The van der Waals surface area contributed by atoms with Crippen LogP contribution in [0.4, 0.5) is 0 Å². The molecule has 0 unspecified atom stereocenters. The zero-order valence-corrected chi connectivity index (χ0v) is 12.6. The van der Waals surface area contributed by atoms with Gasteiger partial charge in [-0.05, 0) is 25.8 Å². The zero-order valence-electron chi connectivity index (χ0n) is 11.6. The molecule has 1 aromatic rings. The third-order valence-electron chi connectivity index (χ3n) is 3.86. The van der Waals surface area contributed by atoms with Crippen LogP contribution in [-0.2, 0) is 10.8 Å². The van der Waals surface area contributed by atoms with E-state index in [1.807, 2.05) is 0 Å². The first-order valence-corrected chi connectivity index (χ1v) is 10.1. The molecule has 1 heterocycles. The van der Waals surface area contributed by atoms with E-state index in [4.69, 9.17) is 4.74 Å². The Hall–Kier alpha value is -0.643. The lowest BCUT2D eigenvalue weighted by molar-refractivity contribution is -0.0584. The fraction of sp³-hybridized carbons (Fsp3) is 0.600. The van der Waals surface area contributed by atoms with Crippen molar-refractivity contribution in [2.45, 2.75) is 56.8 Å². The molecule has 1 fully saturated rings. The topological polar surface area (TPSA) is 29.5 Å². The van der Waals surface area contributed by atoms with E-state index in [1.165, 1.54) is 5.56 Å². The Labute approximate surface area is 111 Å². The molecule has 1 aliphatic rings. The highest BCUT2D eigenvalue weighted by Crippen LogP contribution is 2.28. The van der Waals surface area contributed by atoms with Crippen molar-refractivity contribution in [1.29, 1.82) is 0 Å². The summed E-state index contributed by atoms with van der Waals surface area (Å²) in [4.78, 5) is 0. The van der Waals surface area contributed by atoms with Gasteiger partial charge in [0.05, 0.1) is 26.0 Å². The first-order chi connectivity index (χ1) is 8.47. The number of benzene rings is 1. The van der Waals surface area contributed by atoms with Crippen LogP contribution in [0, 0.1) is 0 Å². The van der Waals surface area contributed by atoms with Crippen LogP contribution in [0.1, 0.15) is 25.3 Å². The monoisotopic (exact) mass is 264 g/mol. The average Bonchev–Trinajstić information content (AvgIpc) is 2.28. The van der Waals surface area contributed by atoms with Crippen LogP contribution in [-0.4, -0.2) is 31.1 Å². The van der Waals surface area contributed by atoms with E-state index in [1.54, 1.807) is 0 Å². The Morgan fingerprint density at radius 3 is 2.50 bits per heavy atom. The summed E-state index contributed by atoms with van der Waals surface area (Å²) < 4.78 is 6.10. The quantitative estimate of drug-likeness (QED) is 0.851. The Bertz CT molecular complexity index is 367. The molecule has 1 aromatic carbocycles. The smallest absolute Gasteiger partial charge is 0.0860 e. The van der Waals surface area contributed by atoms with Crippen molar-refractivity contribution in [2.75, 3.05) is 0 Å². The van der Waals surface area contributed by atoms with E-state index in [0.717, 1.165) is 18.9 Å². The van der Waals surface area contributed by atoms with Crippen LogP contribution in [0.5, 0.6) is 0 Å². The SMILES string of the molecule is C[C@@H]1C[C@H](O)C[C@H]([Si](C)(C)Cc2ccccc2)O1. The molecule has 2 nitrogen and oxygen atoms in total. The largest absolute Gasteiger partial charge is 0.393 e. The summed E-state index contributed by atoms with van der Waals surface area (Å²) in [5, 5.41) is 9.92. The lowest BCUT2D eigenvalue weighted by Crippen LogP contribution is -2.51. The number of rotatable bonds is 3. The van der Waals surface area contributed by atoms with Gasteiger partial charge in [-0.25, -0.2) is 0 Å². The van der Waals surface area contributed by atoms with Crippen molar-refractivity contribution in [3.63, 3.8) is 0 Å². The highest BCUT2D eigenvalue weighted by Gasteiger charge is 2.38. The summed E-state index contributed by atoms with van der Waals surface area (Å²) in [6.45, 7) is 6.81.